The summed E-state index contributed by atoms with van der Waals surface area (Å²) in [6.07, 6.45) is 12.7. The number of pyridine rings is 1. The third-order valence-corrected chi connectivity index (χ3v) is 7.97. The summed E-state index contributed by atoms with van der Waals surface area (Å²) >= 11 is 0. The lowest BCUT2D eigenvalue weighted by atomic mass is 9.79. The second-order valence-electron chi connectivity index (χ2n) is 10.8. The normalized spacial score (nSPS) is 17.5. The van der Waals surface area contributed by atoms with Crippen LogP contribution in [0.25, 0.3) is 22.2 Å². The van der Waals surface area contributed by atoms with Crippen molar-refractivity contribution in [1.29, 1.82) is 5.26 Å². The Morgan fingerprint density at radius 3 is 2.64 bits per heavy atom. The zero-order valence-corrected chi connectivity index (χ0v) is 22.5. The Morgan fingerprint density at radius 1 is 1.10 bits per heavy atom. The highest BCUT2D eigenvalue weighted by atomic mass is 15.3. The largest absolute Gasteiger partial charge is 0.356 e. The lowest BCUT2D eigenvalue weighted by Gasteiger charge is -2.48. The highest BCUT2D eigenvalue weighted by molar-refractivity contribution is 5.84. The van der Waals surface area contributed by atoms with Gasteiger partial charge in [0.1, 0.15) is 11.9 Å². The first kappa shape index (κ1) is 24.8. The van der Waals surface area contributed by atoms with Crippen molar-refractivity contribution >= 4 is 17.8 Å². The van der Waals surface area contributed by atoms with Gasteiger partial charge in [0.15, 0.2) is 0 Å². The second kappa shape index (κ2) is 10.0. The number of likely N-dealkylation sites (tertiary alicyclic amines) is 2. The van der Waals surface area contributed by atoms with E-state index in [9.17, 15) is 5.26 Å². The molecule has 0 saturated carbocycles. The van der Waals surface area contributed by atoms with Gasteiger partial charge in [-0.05, 0) is 43.3 Å². The van der Waals surface area contributed by atoms with Gasteiger partial charge in [-0.1, -0.05) is 36.4 Å². The van der Waals surface area contributed by atoms with E-state index >= 15 is 0 Å². The van der Waals surface area contributed by atoms with Crippen molar-refractivity contribution < 1.29 is 0 Å². The highest BCUT2D eigenvalue weighted by Crippen LogP contribution is 2.41. The van der Waals surface area contributed by atoms with Crippen LogP contribution in [0.2, 0.25) is 0 Å². The van der Waals surface area contributed by atoms with Crippen molar-refractivity contribution in [1.82, 2.24) is 29.2 Å². The molecular weight excluding hydrogens is 484 g/mol. The fourth-order valence-electron chi connectivity index (χ4n) is 6.02. The molecule has 5 heterocycles. The molecule has 39 heavy (non-hydrogen) atoms. The van der Waals surface area contributed by atoms with Crippen LogP contribution in [0.5, 0.6) is 0 Å². The number of allylic oxidation sites excluding steroid dienone is 3. The number of aliphatic imine (C=N–C) groups is 1. The quantitative estimate of drug-likeness (QED) is 0.261. The van der Waals surface area contributed by atoms with E-state index in [-0.39, 0.29) is 0 Å². The van der Waals surface area contributed by atoms with Crippen molar-refractivity contribution in [2.45, 2.75) is 19.9 Å². The van der Waals surface area contributed by atoms with Crippen molar-refractivity contribution in [2.75, 3.05) is 26.2 Å². The van der Waals surface area contributed by atoms with E-state index in [2.05, 4.69) is 93.3 Å². The molecule has 2 fully saturated rings. The maximum atomic E-state index is 9.72. The fraction of sp³-hybridized carbons (Fsp3) is 0.290. The highest BCUT2D eigenvalue weighted by Gasteiger charge is 2.47. The lowest BCUT2D eigenvalue weighted by molar-refractivity contribution is 0.00416. The molecule has 2 aliphatic rings. The van der Waals surface area contributed by atoms with Crippen LogP contribution in [-0.2, 0) is 13.6 Å². The van der Waals surface area contributed by atoms with E-state index in [1.807, 2.05) is 25.6 Å². The Labute approximate surface area is 228 Å². The standard InChI is InChI=1S/C31H32N8/c1-23(28-13-25(27-16-34-36(3)18-27)19-39-30(28)26(14-32)15-35-39)9-10-29(33-2)38-12-11-31(22-38)20-37(21-31)17-24-7-5-4-6-8-24/h4-10,13,15-16,18-19H,2,11-12,17,20-22H2,1,3H3/b23-9+,29-10+. The molecule has 0 bridgehead atoms. The molecule has 8 nitrogen and oxygen atoms in total. The number of hydrogen-bond acceptors (Lipinski definition) is 6. The summed E-state index contributed by atoms with van der Waals surface area (Å²) in [5.74, 6) is 0.890. The molecule has 0 N–H and O–H groups in total. The molecule has 0 unspecified atom stereocenters. The maximum Gasteiger partial charge on any atom is 0.127 e. The Balaban J connectivity index is 1.22. The topological polar surface area (TPSA) is 77.8 Å². The van der Waals surface area contributed by atoms with Crippen LogP contribution in [0.3, 0.4) is 0 Å². The van der Waals surface area contributed by atoms with Gasteiger partial charge in [-0.3, -0.25) is 9.58 Å². The van der Waals surface area contributed by atoms with E-state index in [1.165, 1.54) is 12.0 Å². The van der Waals surface area contributed by atoms with Crippen molar-refractivity contribution in [3.63, 3.8) is 0 Å². The first-order chi connectivity index (χ1) is 19.0. The number of rotatable bonds is 7. The van der Waals surface area contributed by atoms with Gasteiger partial charge < -0.3 is 4.90 Å². The first-order valence-electron chi connectivity index (χ1n) is 13.2. The van der Waals surface area contributed by atoms with Gasteiger partial charge in [-0.15, -0.1) is 0 Å². The summed E-state index contributed by atoms with van der Waals surface area (Å²) in [6, 6.07) is 15.1. The number of hydrogen-bond donors (Lipinski definition) is 0. The van der Waals surface area contributed by atoms with Gasteiger partial charge in [-0.2, -0.15) is 15.5 Å². The fourth-order valence-corrected chi connectivity index (χ4v) is 6.02. The number of benzene rings is 1. The van der Waals surface area contributed by atoms with Gasteiger partial charge in [0.05, 0.1) is 23.5 Å². The van der Waals surface area contributed by atoms with Crippen LogP contribution in [0.15, 0.2) is 84.2 Å². The number of nitriles is 1. The van der Waals surface area contributed by atoms with Crippen LogP contribution in [0, 0.1) is 16.7 Å². The predicted octanol–water partition coefficient (Wildman–Crippen LogP) is 4.76. The predicted molar refractivity (Wildman–Crippen MR) is 154 cm³/mol. The van der Waals surface area contributed by atoms with Crippen molar-refractivity contribution in [3.8, 4) is 17.2 Å². The molecule has 8 heteroatoms. The lowest BCUT2D eigenvalue weighted by Crippen LogP contribution is -2.56. The van der Waals surface area contributed by atoms with Crippen LogP contribution < -0.4 is 0 Å². The third kappa shape index (κ3) is 4.77. The maximum absolute atomic E-state index is 9.72. The molecule has 4 aromatic rings. The molecule has 3 aromatic heterocycles. The van der Waals surface area contributed by atoms with E-state index in [0.717, 1.165) is 66.3 Å². The monoisotopic (exact) mass is 516 g/mol. The van der Waals surface area contributed by atoms with Gasteiger partial charge in [0.25, 0.3) is 0 Å². The molecule has 6 rings (SSSR count). The summed E-state index contributed by atoms with van der Waals surface area (Å²) in [7, 11) is 1.90. The number of aromatic nitrogens is 4. The number of aryl methyl sites for hydroxylation is 1. The zero-order chi connectivity index (χ0) is 27.0. The minimum atomic E-state index is 0.334. The molecule has 196 valence electrons. The Kier molecular flexibility index (Phi) is 6.37. The summed E-state index contributed by atoms with van der Waals surface area (Å²) in [4.78, 5) is 9.29. The van der Waals surface area contributed by atoms with E-state index in [0.29, 0.717) is 11.0 Å². The molecule has 0 aliphatic carbocycles. The zero-order valence-electron chi connectivity index (χ0n) is 22.5. The summed E-state index contributed by atoms with van der Waals surface area (Å²) in [5, 5.41) is 18.5. The first-order valence-corrected chi connectivity index (χ1v) is 13.2. The summed E-state index contributed by atoms with van der Waals surface area (Å²) in [5.41, 5.74) is 7.02. The minimum Gasteiger partial charge on any atom is -0.356 e. The Morgan fingerprint density at radius 2 is 1.92 bits per heavy atom. The van der Waals surface area contributed by atoms with E-state index < -0.39 is 0 Å². The molecular formula is C31H32N8. The molecule has 0 radical (unpaired) electrons. The SMILES string of the molecule is C=N/C(=C\C=C(/C)c1cc(-c2cnn(C)c2)cn2ncc(C#N)c12)N1CCC2(CN(Cc3ccccc3)C2)C1. The van der Waals surface area contributed by atoms with Crippen molar-refractivity contribution in [3.05, 3.63) is 95.8 Å². The van der Waals surface area contributed by atoms with E-state index in [4.69, 9.17) is 0 Å². The van der Waals surface area contributed by atoms with Crippen LogP contribution in [0.1, 0.15) is 30.0 Å². The minimum absolute atomic E-state index is 0.334. The van der Waals surface area contributed by atoms with Crippen LogP contribution >= 0.6 is 0 Å². The van der Waals surface area contributed by atoms with Gasteiger partial charge in [0, 0.05) is 74.3 Å². The van der Waals surface area contributed by atoms with Gasteiger partial charge in [-0.25, -0.2) is 9.51 Å². The van der Waals surface area contributed by atoms with Crippen LogP contribution in [-0.4, -0.2) is 62.1 Å². The third-order valence-electron chi connectivity index (χ3n) is 7.97. The average Bonchev–Trinajstić information content (AvgIpc) is 3.67. The number of nitrogens with zero attached hydrogens (tertiary/aromatic N) is 8. The summed E-state index contributed by atoms with van der Waals surface area (Å²) < 4.78 is 3.56. The molecule has 0 amide bonds. The van der Waals surface area contributed by atoms with Crippen LogP contribution in [0.4, 0.5) is 0 Å². The molecule has 0 atom stereocenters. The molecule has 2 aliphatic heterocycles. The molecule has 1 spiro atoms. The van der Waals surface area contributed by atoms with Gasteiger partial charge in [0.2, 0.25) is 0 Å². The van der Waals surface area contributed by atoms with Gasteiger partial charge >= 0.3 is 0 Å². The van der Waals surface area contributed by atoms with E-state index in [1.54, 1.807) is 15.4 Å². The Hall–Kier alpha value is -4.48. The second-order valence-corrected chi connectivity index (χ2v) is 10.8. The average molecular weight is 517 g/mol. The molecule has 2 saturated heterocycles. The van der Waals surface area contributed by atoms with Crippen molar-refractivity contribution in [2.24, 2.45) is 17.5 Å². The summed E-state index contributed by atoms with van der Waals surface area (Å²) in [6.45, 7) is 11.2. The number of fused-ring (bicyclic) bond motifs is 1. The Bertz CT molecular complexity index is 1630. The smallest absolute Gasteiger partial charge is 0.127 e. The molecule has 1 aromatic carbocycles.